The van der Waals surface area contributed by atoms with E-state index in [1.807, 2.05) is 5.32 Å². The second-order valence-corrected chi connectivity index (χ2v) is 4.61. The molecule has 1 unspecified atom stereocenters. The molecule has 112 valence electrons. The van der Waals surface area contributed by atoms with Gasteiger partial charge < -0.3 is 5.32 Å². The van der Waals surface area contributed by atoms with Crippen LogP contribution in [0.15, 0.2) is 42.5 Å². The van der Waals surface area contributed by atoms with Crippen LogP contribution in [0.25, 0.3) is 0 Å². The highest BCUT2D eigenvalue weighted by molar-refractivity contribution is 5.49. The number of halogens is 5. The zero-order chi connectivity index (χ0) is 15.6. The van der Waals surface area contributed by atoms with Gasteiger partial charge in [-0.3, -0.25) is 0 Å². The molecule has 0 aliphatic heterocycles. The molecule has 0 saturated carbocycles. The van der Waals surface area contributed by atoms with Gasteiger partial charge in [0.25, 0.3) is 0 Å². The molecule has 2 rings (SSSR count). The minimum atomic E-state index is -4.64. The molecule has 0 fully saturated rings. The van der Waals surface area contributed by atoms with Crippen molar-refractivity contribution in [2.75, 3.05) is 5.32 Å². The van der Waals surface area contributed by atoms with E-state index in [4.69, 9.17) is 0 Å². The standard InChI is InChI=1S/C15H12F5N/c1-9-7-12(17)13(8-11(9)16)21-14(15(18,19)20)10-5-3-2-4-6-10/h2-8,14,21H,1H3. The molecule has 0 amide bonds. The van der Waals surface area contributed by atoms with Crippen LogP contribution in [-0.4, -0.2) is 6.18 Å². The van der Waals surface area contributed by atoms with Crippen LogP contribution in [0.3, 0.4) is 0 Å². The maximum absolute atomic E-state index is 13.7. The summed E-state index contributed by atoms with van der Waals surface area (Å²) in [6.45, 7) is 1.33. The van der Waals surface area contributed by atoms with Crippen LogP contribution in [0, 0.1) is 18.6 Å². The highest BCUT2D eigenvalue weighted by Crippen LogP contribution is 2.36. The van der Waals surface area contributed by atoms with E-state index in [0.717, 1.165) is 12.1 Å². The summed E-state index contributed by atoms with van der Waals surface area (Å²) in [7, 11) is 0. The molecule has 0 aromatic heterocycles. The van der Waals surface area contributed by atoms with Crippen molar-refractivity contribution in [3.63, 3.8) is 0 Å². The van der Waals surface area contributed by atoms with E-state index in [2.05, 4.69) is 0 Å². The van der Waals surface area contributed by atoms with Crippen molar-refractivity contribution in [2.24, 2.45) is 0 Å². The summed E-state index contributed by atoms with van der Waals surface area (Å²) in [4.78, 5) is 0. The average Bonchev–Trinajstić information content (AvgIpc) is 2.41. The van der Waals surface area contributed by atoms with Crippen LogP contribution in [0.5, 0.6) is 0 Å². The topological polar surface area (TPSA) is 12.0 Å². The molecule has 0 spiro atoms. The highest BCUT2D eigenvalue weighted by atomic mass is 19.4. The zero-order valence-electron chi connectivity index (χ0n) is 11.0. The van der Waals surface area contributed by atoms with Gasteiger partial charge in [0.2, 0.25) is 0 Å². The first-order valence-corrected chi connectivity index (χ1v) is 6.13. The number of nitrogens with one attached hydrogen (secondary N) is 1. The number of rotatable bonds is 3. The van der Waals surface area contributed by atoms with Crippen molar-refractivity contribution in [1.29, 1.82) is 0 Å². The Bertz CT molecular complexity index is 622. The van der Waals surface area contributed by atoms with Crippen molar-refractivity contribution in [1.82, 2.24) is 0 Å². The fourth-order valence-corrected chi connectivity index (χ4v) is 1.91. The average molecular weight is 301 g/mol. The fourth-order valence-electron chi connectivity index (χ4n) is 1.91. The van der Waals surface area contributed by atoms with E-state index in [1.165, 1.54) is 31.2 Å². The smallest absolute Gasteiger partial charge is 0.368 e. The molecule has 2 aromatic rings. The van der Waals surface area contributed by atoms with Crippen molar-refractivity contribution >= 4 is 5.69 Å². The number of anilines is 1. The van der Waals surface area contributed by atoms with E-state index in [1.54, 1.807) is 6.07 Å². The van der Waals surface area contributed by atoms with E-state index in [0.29, 0.717) is 0 Å². The summed E-state index contributed by atoms with van der Waals surface area (Å²) in [5.41, 5.74) is -0.573. The lowest BCUT2D eigenvalue weighted by molar-refractivity contribution is -0.144. The van der Waals surface area contributed by atoms with E-state index in [9.17, 15) is 22.0 Å². The predicted octanol–water partition coefficient (Wildman–Crippen LogP) is 4.99. The second-order valence-electron chi connectivity index (χ2n) is 4.61. The van der Waals surface area contributed by atoms with Gasteiger partial charge in [-0.2, -0.15) is 13.2 Å². The molecule has 0 aliphatic rings. The van der Waals surface area contributed by atoms with Crippen LogP contribution in [-0.2, 0) is 0 Å². The summed E-state index contributed by atoms with van der Waals surface area (Å²) >= 11 is 0. The molecule has 6 heteroatoms. The Morgan fingerprint density at radius 3 is 2.14 bits per heavy atom. The van der Waals surface area contributed by atoms with Crippen LogP contribution >= 0.6 is 0 Å². The number of hydrogen-bond acceptors (Lipinski definition) is 1. The first-order valence-electron chi connectivity index (χ1n) is 6.13. The molecule has 0 bridgehead atoms. The predicted molar refractivity (Wildman–Crippen MR) is 70.0 cm³/mol. The van der Waals surface area contributed by atoms with Crippen LogP contribution in [0.1, 0.15) is 17.2 Å². The maximum atomic E-state index is 13.7. The van der Waals surface area contributed by atoms with Crippen LogP contribution in [0.2, 0.25) is 0 Å². The third-order valence-electron chi connectivity index (χ3n) is 3.01. The first-order chi connectivity index (χ1) is 9.79. The van der Waals surface area contributed by atoms with Gasteiger partial charge in [-0.25, -0.2) is 8.78 Å². The zero-order valence-corrected chi connectivity index (χ0v) is 11.0. The van der Waals surface area contributed by atoms with Gasteiger partial charge in [-0.1, -0.05) is 30.3 Å². The summed E-state index contributed by atoms with van der Waals surface area (Å²) in [5.74, 6) is -1.70. The number of alkyl halides is 3. The van der Waals surface area contributed by atoms with Gasteiger partial charge in [0.15, 0.2) is 0 Å². The summed E-state index contributed by atoms with van der Waals surface area (Å²) < 4.78 is 66.5. The van der Waals surface area contributed by atoms with Gasteiger partial charge in [-0.05, 0) is 24.1 Å². The van der Waals surface area contributed by atoms with E-state index in [-0.39, 0.29) is 11.1 Å². The molecule has 0 aliphatic carbocycles. The largest absolute Gasteiger partial charge is 0.412 e. The fraction of sp³-hybridized carbons (Fsp3) is 0.200. The molecule has 1 atom stereocenters. The van der Waals surface area contributed by atoms with Gasteiger partial charge in [-0.15, -0.1) is 0 Å². The van der Waals surface area contributed by atoms with Crippen molar-refractivity contribution in [3.05, 3.63) is 65.2 Å². The number of aryl methyl sites for hydroxylation is 1. The van der Waals surface area contributed by atoms with Gasteiger partial charge >= 0.3 is 6.18 Å². The van der Waals surface area contributed by atoms with Gasteiger partial charge in [0, 0.05) is 6.07 Å². The summed E-state index contributed by atoms with van der Waals surface area (Å²) in [6.07, 6.45) is -4.64. The van der Waals surface area contributed by atoms with Gasteiger partial charge in [0.05, 0.1) is 5.69 Å². The molecule has 1 N–H and O–H groups in total. The Morgan fingerprint density at radius 1 is 0.952 bits per heavy atom. The number of benzene rings is 2. The Balaban J connectivity index is 2.39. The second kappa shape index (κ2) is 5.71. The summed E-state index contributed by atoms with van der Waals surface area (Å²) in [5, 5.41) is 2.03. The lowest BCUT2D eigenvalue weighted by Crippen LogP contribution is -2.28. The monoisotopic (exact) mass is 301 g/mol. The molecule has 1 nitrogen and oxygen atoms in total. The number of hydrogen-bond donors (Lipinski definition) is 1. The SMILES string of the molecule is Cc1cc(F)c(NC(c2ccccc2)C(F)(F)F)cc1F. The van der Waals surface area contributed by atoms with Crippen molar-refractivity contribution < 1.29 is 22.0 Å². The first kappa shape index (κ1) is 15.3. The quantitative estimate of drug-likeness (QED) is 0.788. The Hall–Kier alpha value is -2.11. The third-order valence-corrected chi connectivity index (χ3v) is 3.01. The minimum absolute atomic E-state index is 0.0290. The molecular formula is C15H12F5N. The van der Waals surface area contributed by atoms with Crippen LogP contribution < -0.4 is 5.32 Å². The van der Waals surface area contributed by atoms with Crippen molar-refractivity contribution in [2.45, 2.75) is 19.1 Å². The summed E-state index contributed by atoms with van der Waals surface area (Å²) in [6, 6.07) is 6.48. The lowest BCUT2D eigenvalue weighted by Gasteiger charge is -2.23. The molecule has 2 aromatic carbocycles. The normalized spacial score (nSPS) is 13.0. The molecule has 21 heavy (non-hydrogen) atoms. The van der Waals surface area contributed by atoms with Crippen molar-refractivity contribution in [3.8, 4) is 0 Å². The highest BCUT2D eigenvalue weighted by Gasteiger charge is 2.41. The Morgan fingerprint density at radius 2 is 1.57 bits per heavy atom. The molecular weight excluding hydrogens is 289 g/mol. The molecule has 0 radical (unpaired) electrons. The van der Waals surface area contributed by atoms with E-state index >= 15 is 0 Å². The Kier molecular flexibility index (Phi) is 4.16. The Labute approximate surface area is 118 Å². The van der Waals surface area contributed by atoms with Gasteiger partial charge in [0.1, 0.15) is 17.7 Å². The third kappa shape index (κ3) is 3.51. The lowest BCUT2D eigenvalue weighted by atomic mass is 10.1. The molecule has 0 heterocycles. The van der Waals surface area contributed by atoms with E-state index < -0.39 is 29.5 Å². The molecule has 0 saturated heterocycles. The van der Waals surface area contributed by atoms with Crippen LogP contribution in [0.4, 0.5) is 27.6 Å². The maximum Gasteiger partial charge on any atom is 0.412 e. The minimum Gasteiger partial charge on any atom is -0.368 e.